The number of carbonyl (C=O) groups is 1. The van der Waals surface area contributed by atoms with Gasteiger partial charge in [0.05, 0.1) is 6.10 Å². The van der Waals surface area contributed by atoms with E-state index < -0.39 is 5.97 Å². The molecule has 2 N–H and O–H groups in total. The summed E-state index contributed by atoms with van der Waals surface area (Å²) in [4.78, 5) is 10.6. The number of unbranched alkanes of at least 4 members (excludes halogenated alkanes) is 1. The molecule has 154 valence electrons. The number of allylic oxidation sites excluding steroid dienone is 4. The summed E-state index contributed by atoms with van der Waals surface area (Å²) in [6, 6.07) is 10.6. The fourth-order valence-electron chi connectivity index (χ4n) is 4.23. The number of aliphatic hydroxyl groups is 1. The predicted octanol–water partition coefficient (Wildman–Crippen LogP) is 5.65. The number of rotatable bonds is 11. The minimum absolute atomic E-state index is 0.222. The summed E-state index contributed by atoms with van der Waals surface area (Å²) in [6.45, 7) is 4.51. The lowest BCUT2D eigenvalue weighted by atomic mass is 9.86. The highest BCUT2D eigenvalue weighted by molar-refractivity contribution is 5.66. The molecule has 5 atom stereocenters. The van der Waals surface area contributed by atoms with Gasteiger partial charge in [-0.05, 0) is 67.8 Å². The first-order chi connectivity index (χ1) is 13.5. The maximum Gasteiger partial charge on any atom is 0.303 e. The molecule has 0 aromatic heterocycles. The van der Waals surface area contributed by atoms with Crippen molar-refractivity contribution in [2.24, 2.45) is 23.7 Å². The molecule has 0 radical (unpaired) electrons. The Morgan fingerprint density at radius 1 is 1.25 bits per heavy atom. The molecule has 0 aliphatic heterocycles. The van der Waals surface area contributed by atoms with Gasteiger partial charge in [-0.3, -0.25) is 4.79 Å². The zero-order chi connectivity index (χ0) is 20.4. The summed E-state index contributed by atoms with van der Waals surface area (Å²) >= 11 is 0. The Kier molecular flexibility index (Phi) is 9.49. The van der Waals surface area contributed by atoms with E-state index in [0.29, 0.717) is 24.2 Å². The van der Waals surface area contributed by atoms with Crippen LogP contribution in [0.3, 0.4) is 0 Å². The van der Waals surface area contributed by atoms with Crippen molar-refractivity contribution in [3.8, 4) is 0 Å². The van der Waals surface area contributed by atoms with E-state index in [1.807, 2.05) is 0 Å². The molecule has 0 saturated heterocycles. The smallest absolute Gasteiger partial charge is 0.303 e. The average Bonchev–Trinajstić information content (AvgIpc) is 2.94. The molecule has 3 heteroatoms. The normalized spacial score (nSPS) is 26.2. The number of hydrogen-bond donors (Lipinski definition) is 2. The third-order valence-corrected chi connectivity index (χ3v) is 5.99. The van der Waals surface area contributed by atoms with Gasteiger partial charge in [0, 0.05) is 6.42 Å². The number of hydrogen-bond acceptors (Lipinski definition) is 2. The van der Waals surface area contributed by atoms with Crippen LogP contribution in [0, 0.1) is 23.7 Å². The summed E-state index contributed by atoms with van der Waals surface area (Å²) in [5.74, 6) is 0.969. The molecule has 0 spiro atoms. The highest BCUT2D eigenvalue weighted by atomic mass is 16.4. The van der Waals surface area contributed by atoms with Crippen LogP contribution in [0.5, 0.6) is 0 Å². The van der Waals surface area contributed by atoms with Gasteiger partial charge in [-0.25, -0.2) is 0 Å². The van der Waals surface area contributed by atoms with Crippen molar-refractivity contribution in [3.05, 3.63) is 60.2 Å². The van der Waals surface area contributed by atoms with E-state index in [0.717, 1.165) is 32.1 Å². The Labute approximate surface area is 170 Å². The van der Waals surface area contributed by atoms with Gasteiger partial charge in [-0.1, -0.05) is 68.5 Å². The molecule has 1 fully saturated rings. The van der Waals surface area contributed by atoms with Crippen molar-refractivity contribution in [2.75, 3.05) is 0 Å². The maximum absolute atomic E-state index is 10.6. The van der Waals surface area contributed by atoms with Gasteiger partial charge in [0.1, 0.15) is 0 Å². The number of aliphatic carboxylic acids is 1. The van der Waals surface area contributed by atoms with Crippen molar-refractivity contribution in [1.82, 2.24) is 0 Å². The topological polar surface area (TPSA) is 57.5 Å². The molecule has 28 heavy (non-hydrogen) atoms. The first kappa shape index (κ1) is 22.4. The Morgan fingerprint density at radius 2 is 2.00 bits per heavy atom. The quantitative estimate of drug-likeness (QED) is 0.383. The van der Waals surface area contributed by atoms with Gasteiger partial charge in [-0.2, -0.15) is 0 Å². The molecule has 0 bridgehead atoms. The lowest BCUT2D eigenvalue weighted by molar-refractivity contribution is -0.137. The largest absolute Gasteiger partial charge is 0.481 e. The maximum atomic E-state index is 10.6. The number of benzene rings is 1. The van der Waals surface area contributed by atoms with Gasteiger partial charge < -0.3 is 10.2 Å². The number of carboxylic acids is 1. The second-order valence-electron chi connectivity index (χ2n) is 8.40. The number of aliphatic hydroxyl groups excluding tert-OH is 1. The summed E-state index contributed by atoms with van der Waals surface area (Å²) in [5.41, 5.74) is 1.39. The second kappa shape index (κ2) is 11.9. The molecular weight excluding hydrogens is 348 g/mol. The second-order valence-corrected chi connectivity index (χ2v) is 8.40. The Balaban J connectivity index is 1.82. The lowest BCUT2D eigenvalue weighted by Crippen LogP contribution is -2.18. The van der Waals surface area contributed by atoms with Crippen LogP contribution in [0.15, 0.2) is 54.6 Å². The fourth-order valence-corrected chi connectivity index (χ4v) is 4.23. The van der Waals surface area contributed by atoms with Crippen LogP contribution in [0.2, 0.25) is 0 Å². The van der Waals surface area contributed by atoms with Gasteiger partial charge in [0.2, 0.25) is 0 Å². The molecule has 2 rings (SSSR count). The molecule has 0 heterocycles. The van der Waals surface area contributed by atoms with Crippen LogP contribution >= 0.6 is 0 Å². The van der Waals surface area contributed by atoms with Crippen molar-refractivity contribution in [3.63, 3.8) is 0 Å². The molecule has 1 saturated carbocycles. The van der Waals surface area contributed by atoms with E-state index >= 15 is 0 Å². The standard InChI is InChI=1S/C25H36O3/c1-19(14-16-21-10-6-5-7-11-21)15-17-22-20(2)18-24(26)23(22)12-8-3-4-9-13-25(27)28/h3,5-8,10-11,15,17,19-20,22-24,26H,4,9,12-14,16,18H2,1-2H3,(H,27,28). The van der Waals surface area contributed by atoms with Crippen LogP contribution in [-0.4, -0.2) is 22.3 Å². The fraction of sp³-hybridized carbons (Fsp3) is 0.560. The van der Waals surface area contributed by atoms with Crippen LogP contribution in [0.4, 0.5) is 0 Å². The molecule has 1 aliphatic carbocycles. The molecule has 0 amide bonds. The Bertz CT molecular complexity index is 634. The summed E-state index contributed by atoms with van der Waals surface area (Å²) in [7, 11) is 0. The number of aryl methyl sites for hydroxylation is 1. The van der Waals surface area contributed by atoms with Crippen molar-refractivity contribution < 1.29 is 15.0 Å². The molecule has 3 nitrogen and oxygen atoms in total. The van der Waals surface area contributed by atoms with Crippen LogP contribution in [-0.2, 0) is 11.2 Å². The minimum Gasteiger partial charge on any atom is -0.481 e. The third-order valence-electron chi connectivity index (χ3n) is 5.99. The number of carboxylic acid groups (broad SMARTS) is 1. The SMILES string of the molecule is CC(C=CC1C(C)CC(O)C1CC=CCCCC(=O)O)CCc1ccccc1. The van der Waals surface area contributed by atoms with Gasteiger partial charge in [0.15, 0.2) is 0 Å². The van der Waals surface area contributed by atoms with Gasteiger partial charge in [-0.15, -0.1) is 0 Å². The molecule has 5 unspecified atom stereocenters. The molecular formula is C25H36O3. The lowest BCUT2D eigenvalue weighted by Gasteiger charge is -2.20. The zero-order valence-electron chi connectivity index (χ0n) is 17.3. The van der Waals surface area contributed by atoms with E-state index in [1.54, 1.807) is 0 Å². The molecule has 1 aromatic carbocycles. The Morgan fingerprint density at radius 3 is 2.71 bits per heavy atom. The van der Waals surface area contributed by atoms with E-state index in [-0.39, 0.29) is 18.4 Å². The Hall–Kier alpha value is -1.87. The summed E-state index contributed by atoms with van der Waals surface area (Å²) in [6.07, 6.45) is 14.3. The summed E-state index contributed by atoms with van der Waals surface area (Å²) < 4.78 is 0. The van der Waals surface area contributed by atoms with Crippen LogP contribution < -0.4 is 0 Å². The van der Waals surface area contributed by atoms with Crippen molar-refractivity contribution in [2.45, 2.75) is 64.9 Å². The zero-order valence-corrected chi connectivity index (χ0v) is 17.3. The monoisotopic (exact) mass is 384 g/mol. The predicted molar refractivity (Wildman–Crippen MR) is 115 cm³/mol. The third kappa shape index (κ3) is 7.63. The molecule has 1 aliphatic rings. The molecule has 1 aromatic rings. The van der Waals surface area contributed by atoms with Gasteiger partial charge >= 0.3 is 5.97 Å². The van der Waals surface area contributed by atoms with Crippen molar-refractivity contribution >= 4 is 5.97 Å². The van der Waals surface area contributed by atoms with Crippen LogP contribution in [0.1, 0.15) is 57.9 Å². The first-order valence-corrected chi connectivity index (χ1v) is 10.7. The highest BCUT2D eigenvalue weighted by Gasteiger charge is 2.37. The van der Waals surface area contributed by atoms with Gasteiger partial charge in [0.25, 0.3) is 0 Å². The minimum atomic E-state index is -0.736. The summed E-state index contributed by atoms with van der Waals surface area (Å²) in [5, 5.41) is 19.2. The van der Waals surface area contributed by atoms with E-state index in [4.69, 9.17) is 5.11 Å². The first-order valence-electron chi connectivity index (χ1n) is 10.7. The van der Waals surface area contributed by atoms with Crippen LogP contribution in [0.25, 0.3) is 0 Å². The average molecular weight is 385 g/mol. The van der Waals surface area contributed by atoms with E-state index in [9.17, 15) is 9.90 Å². The van der Waals surface area contributed by atoms with Crippen molar-refractivity contribution in [1.29, 1.82) is 0 Å². The van der Waals surface area contributed by atoms with E-state index in [2.05, 4.69) is 68.5 Å². The van der Waals surface area contributed by atoms with E-state index in [1.165, 1.54) is 5.56 Å². The highest BCUT2D eigenvalue weighted by Crippen LogP contribution is 2.40.